The molecule has 0 radical (unpaired) electrons. The number of aryl methyl sites for hydroxylation is 2. The molecule has 0 atom stereocenters. The van der Waals surface area contributed by atoms with Crippen LogP contribution in [0.25, 0.3) is 0 Å². The first-order chi connectivity index (χ1) is 11.8. The van der Waals surface area contributed by atoms with Crippen molar-refractivity contribution in [2.75, 3.05) is 19.3 Å². The van der Waals surface area contributed by atoms with Gasteiger partial charge in [0.05, 0.1) is 18.0 Å². The van der Waals surface area contributed by atoms with Crippen molar-refractivity contribution in [1.82, 2.24) is 15.6 Å². The van der Waals surface area contributed by atoms with Crippen LogP contribution in [0, 0.1) is 19.7 Å². The number of rotatable bonds is 6. The zero-order chi connectivity index (χ0) is 18.4. The Morgan fingerprint density at radius 1 is 1.27 bits per heavy atom. The van der Waals surface area contributed by atoms with E-state index in [9.17, 15) is 12.8 Å². The number of benzene rings is 1. The highest BCUT2D eigenvalue weighted by Gasteiger charge is 2.18. The molecule has 0 aliphatic rings. The minimum Gasteiger partial charge on any atom is -0.355 e. The number of guanidine groups is 1. The second-order valence-electron chi connectivity index (χ2n) is 5.35. The number of aliphatic imine (C=N–C) groups is 1. The van der Waals surface area contributed by atoms with Crippen molar-refractivity contribution in [3.05, 3.63) is 45.7 Å². The van der Waals surface area contributed by atoms with E-state index in [2.05, 4.69) is 20.6 Å². The monoisotopic (exact) mass is 512 g/mol. The molecule has 6 nitrogen and oxygen atoms in total. The van der Waals surface area contributed by atoms with Crippen molar-refractivity contribution in [3.8, 4) is 0 Å². The van der Waals surface area contributed by atoms with Crippen LogP contribution in [0.5, 0.6) is 0 Å². The lowest BCUT2D eigenvalue weighted by Crippen LogP contribution is -2.39. The number of hydrogen-bond donors (Lipinski definition) is 2. The molecule has 2 aromatic rings. The van der Waals surface area contributed by atoms with E-state index in [1.807, 2.05) is 13.8 Å². The van der Waals surface area contributed by atoms with Gasteiger partial charge in [0.1, 0.15) is 15.7 Å². The molecule has 144 valence electrons. The van der Waals surface area contributed by atoms with Crippen LogP contribution < -0.4 is 10.6 Å². The van der Waals surface area contributed by atoms with E-state index >= 15 is 0 Å². The van der Waals surface area contributed by atoms with Crippen LogP contribution in [0.15, 0.2) is 34.2 Å². The summed E-state index contributed by atoms with van der Waals surface area (Å²) < 4.78 is 38.0. The van der Waals surface area contributed by atoms with Crippen LogP contribution in [0.2, 0.25) is 0 Å². The topological polar surface area (TPSA) is 83.5 Å². The van der Waals surface area contributed by atoms with Crippen LogP contribution in [0.1, 0.15) is 15.6 Å². The Hall–Kier alpha value is -1.27. The molecule has 2 rings (SSSR count). The molecule has 1 aromatic heterocycles. The predicted octanol–water partition coefficient (Wildman–Crippen LogP) is 2.66. The standard InChI is InChI=1S/C16H21FN4O2S2.HI/c1-11-12(2)24-15(21-11)10-20-16(18-3)19-8-9-25(22,23)14-7-5-4-6-13(14)17;/h4-7H,8-10H2,1-3H3,(H2,18,19,20);1H. The molecular formula is C16H22FIN4O2S2. The Bertz CT molecular complexity index is 849. The van der Waals surface area contributed by atoms with Gasteiger partial charge in [0.25, 0.3) is 0 Å². The van der Waals surface area contributed by atoms with E-state index < -0.39 is 15.7 Å². The zero-order valence-electron chi connectivity index (χ0n) is 14.7. The minimum absolute atomic E-state index is 0. The fraction of sp³-hybridized carbons (Fsp3) is 0.375. The summed E-state index contributed by atoms with van der Waals surface area (Å²) in [5, 5.41) is 6.93. The summed E-state index contributed by atoms with van der Waals surface area (Å²) in [4.78, 5) is 9.34. The molecule has 1 heterocycles. The molecule has 0 fully saturated rings. The summed E-state index contributed by atoms with van der Waals surface area (Å²) in [5.74, 6) is -0.502. The van der Waals surface area contributed by atoms with Gasteiger partial charge in [-0.1, -0.05) is 12.1 Å². The Morgan fingerprint density at radius 3 is 2.54 bits per heavy atom. The van der Waals surface area contributed by atoms with Crippen LogP contribution >= 0.6 is 35.3 Å². The van der Waals surface area contributed by atoms with Crippen LogP contribution in [0.3, 0.4) is 0 Å². The van der Waals surface area contributed by atoms with Gasteiger partial charge in [0, 0.05) is 18.5 Å². The molecule has 0 aliphatic carbocycles. The normalized spacial score (nSPS) is 11.8. The van der Waals surface area contributed by atoms with Gasteiger partial charge in [-0.2, -0.15) is 0 Å². The van der Waals surface area contributed by atoms with Crippen molar-refractivity contribution in [1.29, 1.82) is 0 Å². The third-order valence-corrected chi connectivity index (χ3v) is 6.35. The van der Waals surface area contributed by atoms with Crippen LogP contribution in [-0.2, 0) is 16.4 Å². The number of sulfone groups is 1. The maximum absolute atomic E-state index is 13.6. The number of aromatic nitrogens is 1. The Morgan fingerprint density at radius 2 is 1.96 bits per heavy atom. The first-order valence-corrected chi connectivity index (χ1v) is 10.1. The molecule has 2 N–H and O–H groups in total. The first-order valence-electron chi connectivity index (χ1n) is 7.68. The highest BCUT2D eigenvalue weighted by atomic mass is 127. The van der Waals surface area contributed by atoms with Crippen molar-refractivity contribution in [3.63, 3.8) is 0 Å². The van der Waals surface area contributed by atoms with E-state index in [-0.39, 0.29) is 41.2 Å². The second kappa shape index (κ2) is 10.2. The van der Waals surface area contributed by atoms with Crippen LogP contribution in [-0.4, -0.2) is 38.7 Å². The lowest BCUT2D eigenvalue weighted by atomic mass is 10.3. The number of nitrogens with one attached hydrogen (secondary N) is 2. The quantitative estimate of drug-likeness (QED) is 0.354. The molecule has 0 unspecified atom stereocenters. The molecule has 0 saturated carbocycles. The van der Waals surface area contributed by atoms with Crippen molar-refractivity contribution < 1.29 is 12.8 Å². The molecule has 0 aliphatic heterocycles. The summed E-state index contributed by atoms with van der Waals surface area (Å²) in [6.07, 6.45) is 0. The molecule has 0 amide bonds. The molecule has 1 aromatic carbocycles. The number of thiazole rings is 1. The molecule has 0 spiro atoms. The number of halogens is 2. The van der Waals surface area contributed by atoms with Crippen molar-refractivity contribution >= 4 is 51.1 Å². The third kappa shape index (κ3) is 6.16. The van der Waals surface area contributed by atoms with Gasteiger partial charge >= 0.3 is 0 Å². The average molecular weight is 512 g/mol. The second-order valence-corrected chi connectivity index (χ2v) is 8.72. The lowest BCUT2D eigenvalue weighted by Gasteiger charge is -2.11. The number of nitrogens with zero attached hydrogens (tertiary/aromatic N) is 2. The Labute approximate surface area is 174 Å². The first kappa shape index (κ1) is 22.8. The summed E-state index contributed by atoms with van der Waals surface area (Å²) in [5.41, 5.74) is 1.00. The third-order valence-electron chi connectivity index (χ3n) is 3.54. The van der Waals surface area contributed by atoms with Crippen LogP contribution in [0.4, 0.5) is 4.39 Å². The smallest absolute Gasteiger partial charge is 0.191 e. The molecular weight excluding hydrogens is 490 g/mol. The van der Waals surface area contributed by atoms with E-state index in [0.717, 1.165) is 21.6 Å². The molecule has 26 heavy (non-hydrogen) atoms. The van der Waals surface area contributed by atoms with E-state index in [4.69, 9.17) is 0 Å². The van der Waals surface area contributed by atoms with Gasteiger partial charge in [0.15, 0.2) is 15.8 Å². The lowest BCUT2D eigenvalue weighted by molar-refractivity contribution is 0.566. The zero-order valence-corrected chi connectivity index (χ0v) is 18.7. The predicted molar refractivity (Wildman–Crippen MR) is 114 cm³/mol. The largest absolute Gasteiger partial charge is 0.355 e. The van der Waals surface area contributed by atoms with E-state index in [1.54, 1.807) is 18.4 Å². The molecule has 0 bridgehead atoms. The molecule has 10 heteroatoms. The fourth-order valence-corrected chi connectivity index (χ4v) is 4.22. The SMILES string of the molecule is CN=C(NCCS(=O)(=O)c1ccccc1F)NCc1nc(C)c(C)s1.I. The van der Waals surface area contributed by atoms with Crippen molar-refractivity contribution in [2.45, 2.75) is 25.3 Å². The van der Waals surface area contributed by atoms with Crippen molar-refractivity contribution in [2.24, 2.45) is 4.99 Å². The van der Waals surface area contributed by atoms with Gasteiger partial charge in [-0.15, -0.1) is 35.3 Å². The van der Waals surface area contributed by atoms with E-state index in [0.29, 0.717) is 12.5 Å². The summed E-state index contributed by atoms with van der Waals surface area (Å²) in [7, 11) is -2.10. The molecule has 0 saturated heterocycles. The minimum atomic E-state index is -3.69. The fourth-order valence-electron chi connectivity index (χ4n) is 2.11. The van der Waals surface area contributed by atoms with Gasteiger partial charge in [0.2, 0.25) is 0 Å². The highest BCUT2D eigenvalue weighted by molar-refractivity contribution is 14.0. The maximum atomic E-state index is 13.6. The summed E-state index contributed by atoms with van der Waals surface area (Å²) in [6, 6.07) is 5.37. The Balaban J connectivity index is 0.00000338. The van der Waals surface area contributed by atoms with Gasteiger partial charge in [-0.3, -0.25) is 4.99 Å². The average Bonchev–Trinajstić information content (AvgIpc) is 2.89. The summed E-state index contributed by atoms with van der Waals surface area (Å²) in [6.45, 7) is 4.58. The Kier molecular flexibility index (Phi) is 8.90. The van der Waals surface area contributed by atoms with Gasteiger partial charge in [-0.05, 0) is 26.0 Å². The summed E-state index contributed by atoms with van der Waals surface area (Å²) >= 11 is 1.60. The van der Waals surface area contributed by atoms with Gasteiger partial charge < -0.3 is 10.6 Å². The number of hydrogen-bond acceptors (Lipinski definition) is 5. The highest BCUT2D eigenvalue weighted by Crippen LogP contribution is 2.16. The van der Waals surface area contributed by atoms with E-state index in [1.165, 1.54) is 18.2 Å². The maximum Gasteiger partial charge on any atom is 0.191 e. The van der Waals surface area contributed by atoms with Gasteiger partial charge in [-0.25, -0.2) is 17.8 Å².